The van der Waals surface area contributed by atoms with E-state index in [-0.39, 0.29) is 5.91 Å². The summed E-state index contributed by atoms with van der Waals surface area (Å²) in [5.41, 5.74) is 3.31. The lowest BCUT2D eigenvalue weighted by Gasteiger charge is -2.36. The van der Waals surface area contributed by atoms with Crippen LogP contribution < -0.4 is 10.1 Å². The van der Waals surface area contributed by atoms with E-state index in [4.69, 9.17) is 4.74 Å². The molecule has 1 aliphatic heterocycles. The number of rotatable bonds is 6. The number of nitrogens with one attached hydrogen (secondary N) is 1. The Labute approximate surface area is 139 Å². The molecule has 1 amide bonds. The average Bonchev–Trinajstić information content (AvgIpc) is 2.52. The first-order chi connectivity index (χ1) is 11.0. The van der Waals surface area contributed by atoms with Crippen molar-refractivity contribution in [3.63, 3.8) is 0 Å². The largest absolute Gasteiger partial charge is 0.496 e. The molecule has 0 bridgehead atoms. The molecule has 1 N–H and O–H groups in total. The molecular formula is C18H29N3O2. The van der Waals surface area contributed by atoms with Crippen molar-refractivity contribution in [2.75, 3.05) is 20.2 Å². The number of piperidine rings is 1. The van der Waals surface area contributed by atoms with E-state index >= 15 is 0 Å². The topological polar surface area (TPSA) is 54.5 Å². The van der Waals surface area contributed by atoms with Gasteiger partial charge in [0.2, 0.25) is 5.91 Å². The lowest BCUT2D eigenvalue weighted by Crippen LogP contribution is -2.41. The summed E-state index contributed by atoms with van der Waals surface area (Å²) < 4.78 is 5.52. The summed E-state index contributed by atoms with van der Waals surface area (Å²) in [4.78, 5) is 18.2. The standard InChI is InChI=1S/C18H29N3O2/c1-13-11-20-17(14(2)18(13)23-4)12-21-10-6-5-7-16(21)8-9-19-15(3)22/h11,16H,5-10,12H2,1-4H3,(H,19,22). The molecule has 1 saturated heterocycles. The molecule has 1 unspecified atom stereocenters. The average molecular weight is 319 g/mol. The predicted octanol–water partition coefficient (Wildman–Crippen LogP) is 2.59. The maximum absolute atomic E-state index is 11.1. The zero-order valence-electron chi connectivity index (χ0n) is 14.8. The molecule has 1 aromatic heterocycles. The highest BCUT2D eigenvalue weighted by Crippen LogP contribution is 2.27. The van der Waals surface area contributed by atoms with Crippen LogP contribution in [-0.2, 0) is 11.3 Å². The van der Waals surface area contributed by atoms with Gasteiger partial charge in [-0.2, -0.15) is 0 Å². The van der Waals surface area contributed by atoms with Gasteiger partial charge in [-0.05, 0) is 39.7 Å². The van der Waals surface area contributed by atoms with E-state index in [1.807, 2.05) is 13.1 Å². The number of carbonyl (C=O) groups excluding carboxylic acids is 1. The van der Waals surface area contributed by atoms with Gasteiger partial charge in [-0.1, -0.05) is 6.42 Å². The van der Waals surface area contributed by atoms with Gasteiger partial charge in [0.1, 0.15) is 5.75 Å². The Morgan fingerprint density at radius 1 is 1.43 bits per heavy atom. The van der Waals surface area contributed by atoms with Crippen LogP contribution in [0.4, 0.5) is 0 Å². The maximum Gasteiger partial charge on any atom is 0.216 e. The number of aromatic nitrogens is 1. The molecular weight excluding hydrogens is 290 g/mol. The summed E-state index contributed by atoms with van der Waals surface area (Å²) in [6, 6.07) is 0.518. The third-order valence-electron chi connectivity index (χ3n) is 4.70. The number of pyridine rings is 1. The van der Waals surface area contributed by atoms with Gasteiger partial charge >= 0.3 is 0 Å². The minimum Gasteiger partial charge on any atom is -0.496 e. The van der Waals surface area contributed by atoms with Gasteiger partial charge in [-0.15, -0.1) is 0 Å². The summed E-state index contributed by atoms with van der Waals surface area (Å²) in [5.74, 6) is 0.995. The molecule has 2 heterocycles. The Balaban J connectivity index is 2.05. The Bertz CT molecular complexity index is 545. The number of methoxy groups -OCH3 is 1. The van der Waals surface area contributed by atoms with Gasteiger partial charge < -0.3 is 10.1 Å². The molecule has 1 atom stereocenters. The van der Waals surface area contributed by atoms with Crippen molar-refractivity contribution >= 4 is 5.91 Å². The van der Waals surface area contributed by atoms with Crippen molar-refractivity contribution in [2.24, 2.45) is 0 Å². The fourth-order valence-electron chi connectivity index (χ4n) is 3.43. The summed E-state index contributed by atoms with van der Waals surface area (Å²) in [6.07, 6.45) is 6.60. The zero-order valence-corrected chi connectivity index (χ0v) is 14.8. The normalized spacial score (nSPS) is 18.7. The maximum atomic E-state index is 11.1. The van der Waals surface area contributed by atoms with Crippen LogP contribution in [0.5, 0.6) is 5.75 Å². The second-order valence-electron chi connectivity index (χ2n) is 6.44. The molecule has 0 spiro atoms. The van der Waals surface area contributed by atoms with Crippen LogP contribution in [0.2, 0.25) is 0 Å². The van der Waals surface area contributed by atoms with Crippen LogP contribution >= 0.6 is 0 Å². The van der Waals surface area contributed by atoms with Crippen molar-refractivity contribution in [2.45, 2.75) is 59.0 Å². The van der Waals surface area contributed by atoms with Gasteiger partial charge in [0.05, 0.1) is 12.8 Å². The molecule has 1 aliphatic rings. The lowest BCUT2D eigenvalue weighted by atomic mass is 9.98. The number of ether oxygens (including phenoxy) is 1. The molecule has 1 fully saturated rings. The second-order valence-corrected chi connectivity index (χ2v) is 6.44. The van der Waals surface area contributed by atoms with E-state index in [0.717, 1.165) is 48.6 Å². The number of likely N-dealkylation sites (tertiary alicyclic amines) is 1. The number of aryl methyl sites for hydroxylation is 1. The van der Waals surface area contributed by atoms with Gasteiger partial charge in [0.15, 0.2) is 0 Å². The summed E-state index contributed by atoms with van der Waals surface area (Å²) in [7, 11) is 1.72. The molecule has 128 valence electrons. The number of carbonyl (C=O) groups is 1. The first-order valence-electron chi connectivity index (χ1n) is 8.50. The molecule has 0 aromatic carbocycles. The molecule has 5 heteroatoms. The van der Waals surface area contributed by atoms with Crippen LogP contribution in [0.1, 0.15) is 49.4 Å². The van der Waals surface area contributed by atoms with E-state index < -0.39 is 0 Å². The van der Waals surface area contributed by atoms with Crippen LogP contribution in [0.25, 0.3) is 0 Å². The van der Waals surface area contributed by atoms with Crippen molar-refractivity contribution in [3.05, 3.63) is 23.0 Å². The summed E-state index contributed by atoms with van der Waals surface area (Å²) in [6.45, 7) is 8.39. The lowest BCUT2D eigenvalue weighted by molar-refractivity contribution is -0.119. The van der Waals surface area contributed by atoms with Crippen molar-refractivity contribution in [3.8, 4) is 5.75 Å². The van der Waals surface area contributed by atoms with Gasteiger partial charge in [0, 0.05) is 43.4 Å². The fraction of sp³-hybridized carbons (Fsp3) is 0.667. The quantitative estimate of drug-likeness (QED) is 0.875. The van der Waals surface area contributed by atoms with Crippen molar-refractivity contribution in [1.82, 2.24) is 15.2 Å². The molecule has 2 rings (SSSR count). The third-order valence-corrected chi connectivity index (χ3v) is 4.70. The fourth-order valence-corrected chi connectivity index (χ4v) is 3.43. The Morgan fingerprint density at radius 3 is 2.91 bits per heavy atom. The van der Waals surface area contributed by atoms with Crippen LogP contribution in [-0.4, -0.2) is 42.0 Å². The zero-order chi connectivity index (χ0) is 16.8. The van der Waals surface area contributed by atoms with Gasteiger partial charge in [-0.25, -0.2) is 0 Å². The smallest absolute Gasteiger partial charge is 0.216 e. The number of hydrogen-bond donors (Lipinski definition) is 1. The molecule has 5 nitrogen and oxygen atoms in total. The van der Waals surface area contributed by atoms with Crippen LogP contribution in [0, 0.1) is 13.8 Å². The van der Waals surface area contributed by atoms with Crippen molar-refractivity contribution < 1.29 is 9.53 Å². The highest BCUT2D eigenvalue weighted by molar-refractivity contribution is 5.72. The molecule has 0 radical (unpaired) electrons. The van der Waals surface area contributed by atoms with Gasteiger partial charge in [-0.3, -0.25) is 14.7 Å². The number of hydrogen-bond acceptors (Lipinski definition) is 4. The van der Waals surface area contributed by atoms with E-state index in [2.05, 4.69) is 22.1 Å². The molecule has 0 aliphatic carbocycles. The Morgan fingerprint density at radius 2 is 2.22 bits per heavy atom. The van der Waals surface area contributed by atoms with Crippen molar-refractivity contribution in [1.29, 1.82) is 0 Å². The van der Waals surface area contributed by atoms with E-state index in [9.17, 15) is 4.79 Å². The van der Waals surface area contributed by atoms with E-state index in [1.54, 1.807) is 14.0 Å². The monoisotopic (exact) mass is 319 g/mol. The Kier molecular flexibility index (Phi) is 6.39. The molecule has 23 heavy (non-hydrogen) atoms. The van der Waals surface area contributed by atoms with Crippen LogP contribution in [0.3, 0.4) is 0 Å². The van der Waals surface area contributed by atoms with E-state index in [1.165, 1.54) is 19.3 Å². The molecule has 1 aromatic rings. The highest BCUT2D eigenvalue weighted by atomic mass is 16.5. The number of nitrogens with zero attached hydrogens (tertiary/aromatic N) is 2. The summed E-state index contributed by atoms with van der Waals surface area (Å²) >= 11 is 0. The highest BCUT2D eigenvalue weighted by Gasteiger charge is 2.23. The minimum absolute atomic E-state index is 0.0492. The third kappa shape index (κ3) is 4.67. The minimum atomic E-state index is 0.0492. The van der Waals surface area contributed by atoms with E-state index in [0.29, 0.717) is 6.04 Å². The molecule has 0 saturated carbocycles. The SMILES string of the molecule is COc1c(C)cnc(CN2CCCCC2CCNC(C)=O)c1C. The first kappa shape index (κ1) is 17.7. The summed E-state index contributed by atoms with van der Waals surface area (Å²) in [5, 5.41) is 2.91. The van der Waals surface area contributed by atoms with Gasteiger partial charge in [0.25, 0.3) is 0 Å². The second kappa shape index (κ2) is 8.29. The Hall–Kier alpha value is -1.62. The number of amides is 1. The first-order valence-corrected chi connectivity index (χ1v) is 8.50. The predicted molar refractivity (Wildman–Crippen MR) is 91.6 cm³/mol. The van der Waals surface area contributed by atoms with Crippen LogP contribution in [0.15, 0.2) is 6.20 Å².